The number of amides is 1. The van der Waals surface area contributed by atoms with Crippen molar-refractivity contribution in [3.63, 3.8) is 0 Å². The molecule has 0 radical (unpaired) electrons. The van der Waals surface area contributed by atoms with Crippen LogP contribution in [0.4, 0.5) is 5.69 Å². The highest BCUT2D eigenvalue weighted by Crippen LogP contribution is 2.23. The quantitative estimate of drug-likeness (QED) is 0.813. The molecule has 0 aliphatic heterocycles. The minimum Gasteiger partial charge on any atom is -0.398 e. The molecule has 3 N–H and O–H groups in total. The van der Waals surface area contributed by atoms with Gasteiger partial charge in [0, 0.05) is 20.7 Å². The van der Waals surface area contributed by atoms with Crippen molar-refractivity contribution in [2.24, 2.45) is 0 Å². The average molecular weight is 354 g/mol. The summed E-state index contributed by atoms with van der Waals surface area (Å²) in [6.07, 6.45) is 0. The van der Waals surface area contributed by atoms with E-state index in [4.69, 9.17) is 17.3 Å². The second kappa shape index (κ2) is 6.29. The summed E-state index contributed by atoms with van der Waals surface area (Å²) in [6.45, 7) is 1.89. The Morgan fingerprint density at radius 2 is 2.00 bits per heavy atom. The van der Waals surface area contributed by atoms with E-state index in [0.29, 0.717) is 16.3 Å². The van der Waals surface area contributed by atoms with E-state index in [1.807, 2.05) is 25.1 Å². The van der Waals surface area contributed by atoms with Crippen LogP contribution in [0.1, 0.15) is 28.9 Å². The highest BCUT2D eigenvalue weighted by molar-refractivity contribution is 9.10. The third kappa shape index (κ3) is 3.32. The fourth-order valence-corrected chi connectivity index (χ4v) is 2.42. The van der Waals surface area contributed by atoms with Crippen molar-refractivity contribution in [1.82, 2.24) is 5.32 Å². The molecule has 0 aromatic heterocycles. The summed E-state index contributed by atoms with van der Waals surface area (Å²) in [5, 5.41) is 3.54. The van der Waals surface area contributed by atoms with E-state index in [9.17, 15) is 4.79 Å². The molecule has 1 amide bonds. The normalized spacial score (nSPS) is 11.9. The van der Waals surface area contributed by atoms with Crippen molar-refractivity contribution in [3.05, 3.63) is 63.1 Å². The van der Waals surface area contributed by atoms with Crippen molar-refractivity contribution >= 4 is 39.1 Å². The van der Waals surface area contributed by atoms with E-state index in [2.05, 4.69) is 21.2 Å². The van der Waals surface area contributed by atoms with Gasteiger partial charge in [0.25, 0.3) is 5.91 Å². The molecule has 0 aliphatic carbocycles. The number of hydrogen-bond acceptors (Lipinski definition) is 2. The zero-order valence-corrected chi connectivity index (χ0v) is 13.2. The smallest absolute Gasteiger partial charge is 0.251 e. The number of nitrogens with two attached hydrogens (primary N) is 1. The molecule has 2 rings (SSSR count). The Labute approximate surface area is 131 Å². The van der Waals surface area contributed by atoms with Crippen molar-refractivity contribution in [2.45, 2.75) is 13.0 Å². The van der Waals surface area contributed by atoms with Crippen molar-refractivity contribution in [1.29, 1.82) is 0 Å². The summed E-state index contributed by atoms with van der Waals surface area (Å²) in [5.74, 6) is -0.184. The summed E-state index contributed by atoms with van der Waals surface area (Å²) in [7, 11) is 0. The summed E-state index contributed by atoms with van der Waals surface area (Å²) in [5.41, 5.74) is 7.71. The zero-order valence-electron chi connectivity index (χ0n) is 10.9. The Morgan fingerprint density at radius 1 is 1.30 bits per heavy atom. The summed E-state index contributed by atoms with van der Waals surface area (Å²) < 4.78 is 0.771. The molecule has 0 saturated carbocycles. The topological polar surface area (TPSA) is 55.1 Å². The zero-order chi connectivity index (χ0) is 14.7. The summed E-state index contributed by atoms with van der Waals surface area (Å²) >= 11 is 9.42. The lowest BCUT2D eigenvalue weighted by molar-refractivity contribution is 0.0940. The second-order valence-electron chi connectivity index (χ2n) is 4.45. The Hall–Kier alpha value is -1.52. The van der Waals surface area contributed by atoms with Gasteiger partial charge in [0.05, 0.1) is 6.04 Å². The maximum absolute atomic E-state index is 12.2. The first-order chi connectivity index (χ1) is 9.49. The fourth-order valence-electron chi connectivity index (χ4n) is 1.87. The van der Waals surface area contributed by atoms with Gasteiger partial charge in [-0.2, -0.15) is 0 Å². The van der Waals surface area contributed by atoms with Gasteiger partial charge < -0.3 is 11.1 Å². The number of anilines is 1. The Balaban J connectivity index is 2.15. The van der Waals surface area contributed by atoms with Gasteiger partial charge in [-0.25, -0.2) is 0 Å². The molecule has 3 nitrogen and oxygen atoms in total. The number of carbonyl (C=O) groups is 1. The number of nitrogens with one attached hydrogen (secondary N) is 1. The molecule has 1 atom stereocenters. The van der Waals surface area contributed by atoms with Crippen LogP contribution in [0, 0.1) is 0 Å². The molecule has 0 bridgehead atoms. The van der Waals surface area contributed by atoms with Gasteiger partial charge in [-0.3, -0.25) is 4.79 Å². The molecular weight excluding hydrogens is 340 g/mol. The van der Waals surface area contributed by atoms with Crippen LogP contribution in [0.2, 0.25) is 5.02 Å². The van der Waals surface area contributed by atoms with Gasteiger partial charge in [-0.15, -0.1) is 0 Å². The van der Waals surface area contributed by atoms with E-state index in [1.54, 1.807) is 24.3 Å². The molecular formula is C15H14BrClN2O. The minimum atomic E-state index is -0.184. The van der Waals surface area contributed by atoms with E-state index in [-0.39, 0.29) is 11.9 Å². The van der Waals surface area contributed by atoms with Crippen LogP contribution < -0.4 is 11.1 Å². The fraction of sp³-hybridized carbons (Fsp3) is 0.133. The summed E-state index contributed by atoms with van der Waals surface area (Å²) in [4.78, 5) is 12.2. The molecule has 2 aromatic rings. The first kappa shape index (κ1) is 14.9. The number of carbonyl (C=O) groups excluding carboxylic acids is 1. The number of rotatable bonds is 3. The first-order valence-electron chi connectivity index (χ1n) is 6.09. The Kier molecular flexibility index (Phi) is 4.68. The van der Waals surface area contributed by atoms with Crippen LogP contribution in [0.3, 0.4) is 0 Å². The minimum absolute atomic E-state index is 0.180. The molecule has 0 fully saturated rings. The van der Waals surface area contributed by atoms with Crippen molar-refractivity contribution in [3.8, 4) is 0 Å². The van der Waals surface area contributed by atoms with Crippen molar-refractivity contribution in [2.75, 3.05) is 5.73 Å². The van der Waals surface area contributed by atoms with Crippen LogP contribution >= 0.6 is 27.5 Å². The summed E-state index contributed by atoms with van der Waals surface area (Å²) in [6, 6.07) is 12.4. The molecule has 0 spiro atoms. The Morgan fingerprint density at radius 3 is 2.65 bits per heavy atom. The van der Waals surface area contributed by atoms with Crippen LogP contribution in [0.15, 0.2) is 46.9 Å². The second-order valence-corrected chi connectivity index (χ2v) is 5.71. The standard InChI is InChI=1S/C15H14BrClN2O/c1-9(11-4-2-3-5-13(11)17)19-15(20)10-6-7-12(16)14(18)8-10/h2-9H,18H2,1H3,(H,19,20)/t9-/m1/s1. The molecule has 20 heavy (non-hydrogen) atoms. The lowest BCUT2D eigenvalue weighted by Gasteiger charge is -2.16. The van der Waals surface area contributed by atoms with Crippen molar-refractivity contribution < 1.29 is 4.79 Å². The maximum Gasteiger partial charge on any atom is 0.251 e. The van der Waals surface area contributed by atoms with Gasteiger partial charge in [-0.05, 0) is 52.7 Å². The molecule has 2 aromatic carbocycles. The highest BCUT2D eigenvalue weighted by atomic mass is 79.9. The lowest BCUT2D eigenvalue weighted by atomic mass is 10.1. The van der Waals surface area contributed by atoms with Gasteiger partial charge >= 0.3 is 0 Å². The number of halogens is 2. The molecule has 5 heteroatoms. The van der Waals surface area contributed by atoms with E-state index >= 15 is 0 Å². The van der Waals surface area contributed by atoms with Gasteiger partial charge in [0.1, 0.15) is 0 Å². The Bertz CT molecular complexity index is 646. The van der Waals surface area contributed by atoms with E-state index in [0.717, 1.165) is 10.0 Å². The third-order valence-electron chi connectivity index (χ3n) is 2.98. The van der Waals surface area contributed by atoms with Gasteiger partial charge in [0.15, 0.2) is 0 Å². The van der Waals surface area contributed by atoms with Crippen LogP contribution in [0.25, 0.3) is 0 Å². The number of nitrogen functional groups attached to an aromatic ring is 1. The number of benzene rings is 2. The lowest BCUT2D eigenvalue weighted by Crippen LogP contribution is -2.26. The molecule has 0 saturated heterocycles. The molecule has 0 heterocycles. The van der Waals surface area contributed by atoms with Gasteiger partial charge in [-0.1, -0.05) is 29.8 Å². The molecule has 0 aliphatic rings. The van der Waals surface area contributed by atoms with Gasteiger partial charge in [0.2, 0.25) is 0 Å². The molecule has 0 unspecified atom stereocenters. The largest absolute Gasteiger partial charge is 0.398 e. The predicted octanol–water partition coefficient (Wildman–Crippen LogP) is 4.18. The molecule has 104 valence electrons. The van der Waals surface area contributed by atoms with E-state index < -0.39 is 0 Å². The van der Waals surface area contributed by atoms with Crippen LogP contribution in [-0.2, 0) is 0 Å². The highest BCUT2D eigenvalue weighted by Gasteiger charge is 2.14. The van der Waals surface area contributed by atoms with Crippen LogP contribution in [0.5, 0.6) is 0 Å². The maximum atomic E-state index is 12.2. The van der Waals surface area contributed by atoms with E-state index in [1.165, 1.54) is 0 Å². The number of hydrogen-bond donors (Lipinski definition) is 2. The predicted molar refractivity (Wildman–Crippen MR) is 85.9 cm³/mol. The average Bonchev–Trinajstić information content (AvgIpc) is 2.42. The third-order valence-corrected chi connectivity index (χ3v) is 4.04. The van der Waals surface area contributed by atoms with Crippen LogP contribution in [-0.4, -0.2) is 5.91 Å². The SMILES string of the molecule is C[C@@H](NC(=O)c1ccc(Br)c(N)c1)c1ccccc1Cl. The first-order valence-corrected chi connectivity index (χ1v) is 7.26. The monoisotopic (exact) mass is 352 g/mol.